The Kier molecular flexibility index (Phi) is 18.5. The van der Waals surface area contributed by atoms with Crippen molar-refractivity contribution in [2.75, 3.05) is 55.1 Å². The number of aliphatic hydroxyl groups excluding tert-OH is 1. The Bertz CT molecular complexity index is 1710. The molecule has 16 heteroatoms. The second-order valence-corrected chi connectivity index (χ2v) is 19.1. The number of rotatable bonds is 13. The van der Waals surface area contributed by atoms with Gasteiger partial charge in [0.1, 0.15) is 36.6 Å². The van der Waals surface area contributed by atoms with E-state index in [4.69, 9.17) is 18.9 Å². The Labute approximate surface area is 369 Å². The summed E-state index contributed by atoms with van der Waals surface area (Å²) in [5.74, 6) is -1.49. The average molecular weight is 877 g/mol. The fraction of sp³-hybridized carbons (Fsp3) is 0.783. The molecule has 1 aromatic carbocycles. The van der Waals surface area contributed by atoms with Crippen LogP contribution in [-0.2, 0) is 30.2 Å². The summed E-state index contributed by atoms with van der Waals surface area (Å²) in [5, 5.41) is 43.8. The number of hydrogen-bond acceptors (Lipinski definition) is 13. The lowest BCUT2D eigenvalue weighted by Crippen LogP contribution is -2.59. The summed E-state index contributed by atoms with van der Waals surface area (Å²) in [6, 6.07) is 5.81. The second kappa shape index (κ2) is 22.2. The van der Waals surface area contributed by atoms with Crippen LogP contribution in [0.3, 0.4) is 0 Å². The molecular weight excluding hydrogens is 800 g/mol. The number of halogens is 1. The van der Waals surface area contributed by atoms with Gasteiger partial charge in [0.2, 0.25) is 0 Å². The van der Waals surface area contributed by atoms with Gasteiger partial charge in [0, 0.05) is 71.0 Å². The van der Waals surface area contributed by atoms with Gasteiger partial charge in [0.05, 0.1) is 29.4 Å². The number of methoxy groups -OCH3 is 1. The molecule has 1 aromatic heterocycles. The number of ether oxygens (including phenoxy) is 4. The van der Waals surface area contributed by atoms with Gasteiger partial charge in [-0.1, -0.05) is 45.0 Å². The van der Waals surface area contributed by atoms with E-state index < -0.39 is 72.6 Å². The van der Waals surface area contributed by atoms with Gasteiger partial charge in [0.15, 0.2) is 6.29 Å². The highest BCUT2D eigenvalue weighted by Crippen LogP contribution is 2.37. The van der Waals surface area contributed by atoms with Crippen molar-refractivity contribution in [3.8, 4) is 0 Å². The van der Waals surface area contributed by atoms with Crippen LogP contribution in [0.2, 0.25) is 0 Å². The molecule has 14 atom stereocenters. The monoisotopic (exact) mass is 877 g/mol. The molecule has 2 saturated heterocycles. The standard InChI is InChI=1S/C46H77FN6O9/c1-14-38-46(8,58)41(54)32(6)52(12)26-28(2)24-45(7,57)42(29(3)21-30(4)44(56)61-38)62-39-23-36(22-31(5)60-39)51(11)20-19-35-27-53(49-48-35)37(25-47)40(59-13)33-15-17-34(18-16-33)43(55)50(9)10/h15-18,27-32,36-42,54,57-58H,14,19-26H2,1-13H3/t28-,29+,30-,31-,32-,36+,37-,38-,39+,40-,41-,42-,45-,46-/m1/s1. The number of alkyl halides is 1. The molecule has 2 aromatic rings. The highest BCUT2D eigenvalue weighted by atomic mass is 19.1. The lowest BCUT2D eigenvalue weighted by molar-refractivity contribution is -0.262. The van der Waals surface area contributed by atoms with E-state index in [9.17, 15) is 29.3 Å². The number of aliphatic hydroxyl groups is 3. The summed E-state index contributed by atoms with van der Waals surface area (Å²) >= 11 is 0. The highest BCUT2D eigenvalue weighted by molar-refractivity contribution is 5.93. The molecule has 4 rings (SSSR count). The van der Waals surface area contributed by atoms with Crippen molar-refractivity contribution >= 4 is 11.9 Å². The minimum atomic E-state index is -1.68. The topological polar surface area (TPSA) is 172 Å². The van der Waals surface area contributed by atoms with Crippen molar-refractivity contribution in [2.45, 2.75) is 160 Å². The van der Waals surface area contributed by atoms with Crippen molar-refractivity contribution in [3.05, 3.63) is 47.3 Å². The smallest absolute Gasteiger partial charge is 0.309 e. The molecular formula is C46H77FN6O9. The Morgan fingerprint density at radius 2 is 1.73 bits per heavy atom. The van der Waals surface area contributed by atoms with Crippen molar-refractivity contribution in [1.82, 2.24) is 29.7 Å². The van der Waals surface area contributed by atoms with Crippen molar-refractivity contribution in [1.29, 1.82) is 0 Å². The van der Waals surface area contributed by atoms with Gasteiger partial charge < -0.3 is 49.0 Å². The summed E-state index contributed by atoms with van der Waals surface area (Å²) < 4.78 is 41.1. The third kappa shape index (κ3) is 12.8. The number of benzene rings is 1. The number of likely N-dealkylation sites (N-methyl/N-ethyl adjacent to an activating group) is 2. The molecule has 0 bridgehead atoms. The zero-order valence-corrected chi connectivity index (χ0v) is 39.5. The molecule has 0 unspecified atom stereocenters. The molecule has 3 N–H and O–H groups in total. The summed E-state index contributed by atoms with van der Waals surface area (Å²) in [5.41, 5.74) is -1.04. The molecule has 2 aliphatic rings. The van der Waals surface area contributed by atoms with Gasteiger partial charge in [-0.2, -0.15) is 0 Å². The molecule has 0 radical (unpaired) electrons. The molecule has 0 aliphatic carbocycles. The number of nitrogens with zero attached hydrogens (tertiary/aromatic N) is 6. The maximum Gasteiger partial charge on any atom is 0.309 e. The van der Waals surface area contributed by atoms with E-state index in [1.807, 2.05) is 46.7 Å². The highest BCUT2D eigenvalue weighted by Gasteiger charge is 2.47. The number of cyclic esters (lactones) is 1. The van der Waals surface area contributed by atoms with Crippen molar-refractivity contribution in [3.63, 3.8) is 0 Å². The van der Waals surface area contributed by atoms with Crippen LogP contribution in [0, 0.1) is 17.8 Å². The SMILES string of the molecule is CC[C@H]1OC(=O)[C@H](C)C[C@H](C)[C@@H](O[C@H]2C[C@@H](N(C)CCc3cn([C@H](CF)[C@H](OC)c4ccc(C(=O)N(C)C)cc4)nn3)C[C@@H](C)O2)[C@](C)(O)C[C@@H](C)CN(C)[C@H](C)[C@@H](O)[C@]1(C)O. The minimum Gasteiger partial charge on any atom is -0.459 e. The second-order valence-electron chi connectivity index (χ2n) is 19.1. The lowest BCUT2D eigenvalue weighted by atomic mass is 9.79. The number of aromatic nitrogens is 3. The summed E-state index contributed by atoms with van der Waals surface area (Å²) in [4.78, 5) is 31.7. The zero-order valence-electron chi connectivity index (χ0n) is 39.5. The van der Waals surface area contributed by atoms with E-state index in [1.165, 1.54) is 23.6 Å². The molecule has 2 fully saturated rings. The fourth-order valence-electron chi connectivity index (χ4n) is 9.63. The van der Waals surface area contributed by atoms with Crippen LogP contribution >= 0.6 is 0 Å². The first kappa shape index (κ1) is 51.5. The van der Waals surface area contributed by atoms with Crippen LogP contribution < -0.4 is 0 Å². The normalized spacial score (nSPS) is 34.5. The number of carbonyl (C=O) groups is 2. The van der Waals surface area contributed by atoms with Gasteiger partial charge in [-0.15, -0.1) is 5.10 Å². The van der Waals surface area contributed by atoms with Crippen LogP contribution in [0.15, 0.2) is 30.5 Å². The number of esters is 1. The molecule has 15 nitrogen and oxygen atoms in total. The molecule has 352 valence electrons. The average Bonchev–Trinajstić information content (AvgIpc) is 3.69. The molecule has 62 heavy (non-hydrogen) atoms. The largest absolute Gasteiger partial charge is 0.459 e. The summed E-state index contributed by atoms with van der Waals surface area (Å²) in [6.07, 6.45) is 0.457. The van der Waals surface area contributed by atoms with Crippen LogP contribution in [-0.4, -0.2) is 166 Å². The van der Waals surface area contributed by atoms with Crippen LogP contribution in [0.25, 0.3) is 0 Å². The van der Waals surface area contributed by atoms with Crippen LogP contribution in [0.1, 0.15) is 121 Å². The number of carbonyl (C=O) groups excluding carboxylic acids is 2. The molecule has 0 spiro atoms. The van der Waals surface area contributed by atoms with E-state index in [0.29, 0.717) is 56.5 Å². The molecule has 1 amide bonds. The Morgan fingerprint density at radius 1 is 1.06 bits per heavy atom. The van der Waals surface area contributed by atoms with Crippen molar-refractivity contribution < 1.29 is 48.2 Å². The predicted octanol–water partition coefficient (Wildman–Crippen LogP) is 4.84. The van der Waals surface area contributed by atoms with Crippen LogP contribution in [0.4, 0.5) is 4.39 Å². The van der Waals surface area contributed by atoms with E-state index in [1.54, 1.807) is 58.4 Å². The van der Waals surface area contributed by atoms with E-state index >= 15 is 0 Å². The maximum absolute atomic E-state index is 14.7. The van der Waals surface area contributed by atoms with E-state index in [2.05, 4.69) is 22.1 Å². The van der Waals surface area contributed by atoms with Crippen LogP contribution in [0.5, 0.6) is 0 Å². The van der Waals surface area contributed by atoms with Crippen molar-refractivity contribution in [2.24, 2.45) is 17.8 Å². The van der Waals surface area contributed by atoms with Gasteiger partial charge in [-0.05, 0) is 97.0 Å². The Hall–Kier alpha value is -3.09. The first-order valence-corrected chi connectivity index (χ1v) is 22.4. The first-order chi connectivity index (χ1) is 29.0. The minimum absolute atomic E-state index is 0.0227. The molecule has 0 saturated carbocycles. The first-order valence-electron chi connectivity index (χ1n) is 22.4. The summed E-state index contributed by atoms with van der Waals surface area (Å²) in [7, 11) is 8.83. The van der Waals surface area contributed by atoms with E-state index in [0.717, 1.165) is 12.0 Å². The maximum atomic E-state index is 14.7. The fourth-order valence-corrected chi connectivity index (χ4v) is 9.63. The third-order valence-electron chi connectivity index (χ3n) is 13.3. The number of amides is 1. The predicted molar refractivity (Wildman–Crippen MR) is 234 cm³/mol. The molecule has 2 aliphatic heterocycles. The van der Waals surface area contributed by atoms with Gasteiger partial charge in [-0.25, -0.2) is 9.07 Å². The van der Waals surface area contributed by atoms with Gasteiger partial charge in [0.25, 0.3) is 5.91 Å². The lowest BCUT2D eigenvalue weighted by Gasteiger charge is -2.44. The number of hydrogen-bond donors (Lipinski definition) is 3. The third-order valence-corrected chi connectivity index (χ3v) is 13.3. The molecule has 3 heterocycles. The van der Waals surface area contributed by atoms with Gasteiger partial charge >= 0.3 is 5.97 Å². The van der Waals surface area contributed by atoms with E-state index in [-0.39, 0.29) is 29.9 Å². The Morgan fingerprint density at radius 3 is 2.32 bits per heavy atom. The summed E-state index contributed by atoms with van der Waals surface area (Å²) in [6.45, 7) is 15.2. The Balaban J connectivity index is 1.47. The zero-order chi connectivity index (χ0) is 46.3. The van der Waals surface area contributed by atoms with Gasteiger partial charge in [-0.3, -0.25) is 9.59 Å². The quantitative estimate of drug-likeness (QED) is 0.234.